The zero-order valence-electron chi connectivity index (χ0n) is 12.3. The Labute approximate surface area is 124 Å². The van der Waals surface area contributed by atoms with Crippen LogP contribution in [0.3, 0.4) is 0 Å². The van der Waals surface area contributed by atoms with E-state index in [-0.39, 0.29) is 6.04 Å². The van der Waals surface area contributed by atoms with Gasteiger partial charge in [0.2, 0.25) is 0 Å². The molecule has 0 saturated heterocycles. The SMILES string of the molecule is COCCOc1ccccc1C(N)c1ccncc1OC. The van der Waals surface area contributed by atoms with Gasteiger partial charge in [-0.15, -0.1) is 0 Å². The molecule has 21 heavy (non-hydrogen) atoms. The van der Waals surface area contributed by atoms with Crippen molar-refractivity contribution < 1.29 is 14.2 Å². The average Bonchev–Trinajstić information content (AvgIpc) is 2.55. The molecule has 2 rings (SSSR count). The third-order valence-electron chi connectivity index (χ3n) is 3.17. The van der Waals surface area contributed by atoms with Gasteiger partial charge in [0.15, 0.2) is 0 Å². The molecule has 0 spiro atoms. The van der Waals surface area contributed by atoms with E-state index < -0.39 is 0 Å². The molecular formula is C16H20N2O3. The number of hydrogen-bond acceptors (Lipinski definition) is 5. The smallest absolute Gasteiger partial charge is 0.142 e. The predicted octanol–water partition coefficient (Wildman–Crippen LogP) is 2.16. The molecule has 5 heteroatoms. The molecule has 0 radical (unpaired) electrons. The highest BCUT2D eigenvalue weighted by molar-refractivity contribution is 5.45. The lowest BCUT2D eigenvalue weighted by Crippen LogP contribution is -2.15. The van der Waals surface area contributed by atoms with E-state index in [9.17, 15) is 0 Å². The van der Waals surface area contributed by atoms with Crippen molar-refractivity contribution in [1.82, 2.24) is 4.98 Å². The second kappa shape index (κ2) is 7.61. The van der Waals surface area contributed by atoms with Gasteiger partial charge in [0, 0.05) is 24.4 Å². The van der Waals surface area contributed by atoms with Crippen molar-refractivity contribution in [1.29, 1.82) is 0 Å². The molecule has 1 aromatic heterocycles. The van der Waals surface area contributed by atoms with Crippen molar-refractivity contribution in [2.24, 2.45) is 5.73 Å². The highest BCUT2D eigenvalue weighted by Crippen LogP contribution is 2.32. The van der Waals surface area contributed by atoms with Gasteiger partial charge in [0.1, 0.15) is 18.1 Å². The first-order valence-corrected chi connectivity index (χ1v) is 6.72. The zero-order chi connectivity index (χ0) is 15.1. The van der Waals surface area contributed by atoms with E-state index in [0.717, 1.165) is 16.9 Å². The Morgan fingerprint density at radius 3 is 2.57 bits per heavy atom. The van der Waals surface area contributed by atoms with Crippen LogP contribution in [-0.4, -0.2) is 32.4 Å². The quantitative estimate of drug-likeness (QED) is 0.791. The highest BCUT2D eigenvalue weighted by atomic mass is 16.5. The number of nitrogens with zero attached hydrogens (tertiary/aromatic N) is 1. The van der Waals surface area contributed by atoms with Crippen LogP contribution in [0.2, 0.25) is 0 Å². The first kappa shape index (κ1) is 15.3. The Hall–Kier alpha value is -2.11. The lowest BCUT2D eigenvalue weighted by Gasteiger charge is -2.19. The molecule has 1 heterocycles. The molecule has 2 N–H and O–H groups in total. The summed E-state index contributed by atoms with van der Waals surface area (Å²) in [6.45, 7) is 1.01. The molecular weight excluding hydrogens is 268 g/mol. The number of pyridine rings is 1. The first-order valence-electron chi connectivity index (χ1n) is 6.72. The zero-order valence-corrected chi connectivity index (χ0v) is 12.3. The first-order chi connectivity index (χ1) is 10.3. The van der Waals surface area contributed by atoms with Gasteiger partial charge in [-0.3, -0.25) is 4.98 Å². The van der Waals surface area contributed by atoms with E-state index in [1.165, 1.54) is 0 Å². The molecule has 0 aliphatic rings. The van der Waals surface area contributed by atoms with Crippen molar-refractivity contribution in [2.45, 2.75) is 6.04 Å². The van der Waals surface area contributed by atoms with Crippen LogP contribution >= 0.6 is 0 Å². The van der Waals surface area contributed by atoms with E-state index in [0.29, 0.717) is 19.0 Å². The Bertz CT molecular complexity index is 575. The average molecular weight is 288 g/mol. The monoisotopic (exact) mass is 288 g/mol. The van der Waals surface area contributed by atoms with Gasteiger partial charge in [-0.2, -0.15) is 0 Å². The molecule has 0 saturated carbocycles. The van der Waals surface area contributed by atoms with Gasteiger partial charge in [0.05, 0.1) is 26.0 Å². The lowest BCUT2D eigenvalue weighted by molar-refractivity contribution is 0.145. The number of ether oxygens (including phenoxy) is 3. The minimum Gasteiger partial charge on any atom is -0.495 e. The van der Waals surface area contributed by atoms with Crippen molar-refractivity contribution in [2.75, 3.05) is 27.4 Å². The molecule has 2 aromatic rings. The topological polar surface area (TPSA) is 66.6 Å². The summed E-state index contributed by atoms with van der Waals surface area (Å²) in [6.07, 6.45) is 3.36. The van der Waals surface area contributed by atoms with E-state index in [1.54, 1.807) is 26.6 Å². The van der Waals surface area contributed by atoms with Crippen molar-refractivity contribution in [3.8, 4) is 11.5 Å². The third kappa shape index (κ3) is 3.71. The number of rotatable bonds is 7. The van der Waals surface area contributed by atoms with E-state index in [4.69, 9.17) is 19.9 Å². The summed E-state index contributed by atoms with van der Waals surface area (Å²) in [5, 5.41) is 0. The standard InChI is InChI=1S/C16H20N2O3/c1-19-9-10-21-14-6-4-3-5-12(14)16(17)13-7-8-18-11-15(13)20-2/h3-8,11,16H,9-10,17H2,1-2H3. The van der Waals surface area contributed by atoms with Gasteiger partial charge in [0.25, 0.3) is 0 Å². The normalized spacial score (nSPS) is 12.0. The fourth-order valence-electron chi connectivity index (χ4n) is 2.09. The largest absolute Gasteiger partial charge is 0.495 e. The van der Waals surface area contributed by atoms with Crippen LogP contribution in [0.1, 0.15) is 17.2 Å². The van der Waals surface area contributed by atoms with Crippen LogP contribution in [0.25, 0.3) is 0 Å². The molecule has 0 aliphatic heterocycles. The summed E-state index contributed by atoms with van der Waals surface area (Å²) < 4.78 is 16.1. The van der Waals surface area contributed by atoms with Crippen LogP contribution < -0.4 is 15.2 Å². The van der Waals surface area contributed by atoms with Gasteiger partial charge in [-0.05, 0) is 12.1 Å². The Kier molecular flexibility index (Phi) is 5.54. The number of aromatic nitrogens is 1. The van der Waals surface area contributed by atoms with Crippen molar-refractivity contribution in [3.63, 3.8) is 0 Å². The number of benzene rings is 1. The maximum absolute atomic E-state index is 6.38. The van der Waals surface area contributed by atoms with Crippen molar-refractivity contribution >= 4 is 0 Å². The summed E-state index contributed by atoms with van der Waals surface area (Å²) in [6, 6.07) is 9.22. The lowest BCUT2D eigenvalue weighted by atomic mass is 9.99. The van der Waals surface area contributed by atoms with Gasteiger partial charge < -0.3 is 19.9 Å². The summed E-state index contributed by atoms with van der Waals surface area (Å²) in [7, 11) is 3.25. The Morgan fingerprint density at radius 2 is 1.81 bits per heavy atom. The maximum atomic E-state index is 6.38. The number of nitrogens with two attached hydrogens (primary N) is 1. The summed E-state index contributed by atoms with van der Waals surface area (Å²) in [5.74, 6) is 1.41. The highest BCUT2D eigenvalue weighted by Gasteiger charge is 2.17. The Morgan fingerprint density at radius 1 is 1.05 bits per heavy atom. The van der Waals surface area contributed by atoms with Crippen LogP contribution in [0.15, 0.2) is 42.7 Å². The van der Waals surface area contributed by atoms with Crippen LogP contribution in [0.4, 0.5) is 0 Å². The van der Waals surface area contributed by atoms with E-state index >= 15 is 0 Å². The molecule has 0 bridgehead atoms. The summed E-state index contributed by atoms with van der Waals surface area (Å²) >= 11 is 0. The number of methoxy groups -OCH3 is 2. The summed E-state index contributed by atoms with van der Waals surface area (Å²) in [4.78, 5) is 4.05. The third-order valence-corrected chi connectivity index (χ3v) is 3.17. The van der Waals surface area contributed by atoms with E-state index in [1.807, 2.05) is 30.3 Å². The maximum Gasteiger partial charge on any atom is 0.142 e. The molecule has 1 atom stereocenters. The number of hydrogen-bond donors (Lipinski definition) is 1. The van der Waals surface area contributed by atoms with E-state index in [2.05, 4.69) is 4.98 Å². The van der Waals surface area contributed by atoms with Crippen LogP contribution in [-0.2, 0) is 4.74 Å². The molecule has 5 nitrogen and oxygen atoms in total. The minimum atomic E-state index is -0.346. The predicted molar refractivity (Wildman–Crippen MR) is 80.6 cm³/mol. The molecule has 1 unspecified atom stereocenters. The van der Waals surface area contributed by atoms with Crippen molar-refractivity contribution in [3.05, 3.63) is 53.9 Å². The summed E-state index contributed by atoms with van der Waals surface area (Å²) in [5.41, 5.74) is 8.15. The number of para-hydroxylation sites is 1. The molecule has 0 fully saturated rings. The Balaban J connectivity index is 2.28. The fraction of sp³-hybridized carbons (Fsp3) is 0.312. The minimum absolute atomic E-state index is 0.346. The molecule has 112 valence electrons. The van der Waals surface area contributed by atoms with Gasteiger partial charge >= 0.3 is 0 Å². The second-order valence-electron chi connectivity index (χ2n) is 4.47. The van der Waals surface area contributed by atoms with Crippen LogP contribution in [0.5, 0.6) is 11.5 Å². The van der Waals surface area contributed by atoms with Gasteiger partial charge in [-0.25, -0.2) is 0 Å². The molecule has 0 aliphatic carbocycles. The second-order valence-corrected chi connectivity index (χ2v) is 4.47. The van der Waals surface area contributed by atoms with Crippen LogP contribution in [0, 0.1) is 0 Å². The fourth-order valence-corrected chi connectivity index (χ4v) is 2.09. The molecule has 1 aromatic carbocycles. The van der Waals surface area contributed by atoms with Gasteiger partial charge in [-0.1, -0.05) is 18.2 Å². The molecule has 0 amide bonds.